The van der Waals surface area contributed by atoms with Gasteiger partial charge in [-0.3, -0.25) is 0 Å². The first-order chi connectivity index (χ1) is 6.15. The first-order valence-corrected chi connectivity index (χ1v) is 4.67. The van der Waals surface area contributed by atoms with Crippen molar-refractivity contribution in [1.82, 2.24) is 0 Å². The average Bonchev–Trinajstić information content (AvgIpc) is 2.09. The maximum absolute atomic E-state index is 9.42. The minimum atomic E-state index is -0.610. The standard InChI is InChI=1S/C9H18O4/c1-6-3-8(10)9(11)4-7(6)5-13-12-2/h6-11H,3-5H2,1-2H3/t6-,7-,8?,9?/m0/s1. The molecule has 13 heavy (non-hydrogen) atoms. The van der Waals surface area contributed by atoms with Gasteiger partial charge in [-0.15, -0.1) is 0 Å². The van der Waals surface area contributed by atoms with Gasteiger partial charge < -0.3 is 10.2 Å². The molecule has 1 fully saturated rings. The molecule has 0 aromatic rings. The second-order valence-corrected chi connectivity index (χ2v) is 3.79. The predicted octanol–water partition coefficient (Wildman–Crippen LogP) is 0.332. The molecule has 0 aliphatic heterocycles. The molecule has 0 spiro atoms. The van der Waals surface area contributed by atoms with Crippen molar-refractivity contribution >= 4 is 0 Å². The number of rotatable bonds is 3. The Morgan fingerprint density at radius 1 is 1.23 bits per heavy atom. The molecular weight excluding hydrogens is 172 g/mol. The van der Waals surface area contributed by atoms with Crippen molar-refractivity contribution in [2.24, 2.45) is 11.8 Å². The van der Waals surface area contributed by atoms with E-state index in [1.807, 2.05) is 0 Å². The van der Waals surface area contributed by atoms with Gasteiger partial charge in [0.15, 0.2) is 0 Å². The maximum atomic E-state index is 9.42. The van der Waals surface area contributed by atoms with Crippen LogP contribution in [0.25, 0.3) is 0 Å². The molecule has 4 nitrogen and oxygen atoms in total. The summed E-state index contributed by atoms with van der Waals surface area (Å²) in [4.78, 5) is 9.35. The van der Waals surface area contributed by atoms with Crippen LogP contribution in [0, 0.1) is 11.8 Å². The highest BCUT2D eigenvalue weighted by molar-refractivity contribution is 4.83. The highest BCUT2D eigenvalue weighted by atomic mass is 17.2. The van der Waals surface area contributed by atoms with Crippen molar-refractivity contribution in [3.05, 3.63) is 0 Å². The molecule has 0 heterocycles. The van der Waals surface area contributed by atoms with Gasteiger partial charge in [-0.2, -0.15) is 0 Å². The largest absolute Gasteiger partial charge is 0.390 e. The van der Waals surface area contributed by atoms with E-state index in [9.17, 15) is 10.2 Å². The fraction of sp³-hybridized carbons (Fsp3) is 1.00. The molecule has 0 radical (unpaired) electrons. The molecule has 0 saturated heterocycles. The van der Waals surface area contributed by atoms with Gasteiger partial charge in [0, 0.05) is 0 Å². The van der Waals surface area contributed by atoms with Crippen LogP contribution in [0.15, 0.2) is 0 Å². The fourth-order valence-corrected chi connectivity index (χ4v) is 1.82. The van der Waals surface area contributed by atoms with Gasteiger partial charge in [-0.25, -0.2) is 9.78 Å². The summed E-state index contributed by atoms with van der Waals surface area (Å²) in [6, 6.07) is 0. The number of aliphatic hydroxyl groups is 2. The highest BCUT2D eigenvalue weighted by Crippen LogP contribution is 2.30. The van der Waals surface area contributed by atoms with E-state index in [1.165, 1.54) is 7.11 Å². The Kier molecular flexibility index (Phi) is 4.12. The van der Waals surface area contributed by atoms with Crippen LogP contribution >= 0.6 is 0 Å². The summed E-state index contributed by atoms with van der Waals surface area (Å²) in [5.74, 6) is 0.645. The lowest BCUT2D eigenvalue weighted by molar-refractivity contribution is -0.285. The molecule has 0 bridgehead atoms. The number of hydrogen-bond acceptors (Lipinski definition) is 4. The summed E-state index contributed by atoms with van der Waals surface area (Å²) < 4.78 is 0. The molecule has 4 heteroatoms. The topological polar surface area (TPSA) is 58.9 Å². The Morgan fingerprint density at radius 2 is 1.85 bits per heavy atom. The molecule has 0 aromatic carbocycles. The molecule has 4 atom stereocenters. The Bertz CT molecular complexity index is 151. The van der Waals surface area contributed by atoms with Crippen LogP contribution in [-0.2, 0) is 9.78 Å². The molecule has 0 aromatic heterocycles. The second-order valence-electron chi connectivity index (χ2n) is 3.79. The summed E-state index contributed by atoms with van der Waals surface area (Å²) >= 11 is 0. The Labute approximate surface area is 78.4 Å². The van der Waals surface area contributed by atoms with E-state index in [-0.39, 0.29) is 5.92 Å². The van der Waals surface area contributed by atoms with Gasteiger partial charge in [-0.1, -0.05) is 6.92 Å². The third kappa shape index (κ3) is 2.91. The Morgan fingerprint density at radius 3 is 2.46 bits per heavy atom. The summed E-state index contributed by atoms with van der Waals surface area (Å²) in [7, 11) is 1.47. The van der Waals surface area contributed by atoms with E-state index in [1.54, 1.807) is 0 Å². The van der Waals surface area contributed by atoms with Crippen molar-refractivity contribution in [2.75, 3.05) is 13.7 Å². The van der Waals surface area contributed by atoms with Crippen LogP contribution in [0.4, 0.5) is 0 Å². The lowest BCUT2D eigenvalue weighted by atomic mass is 9.78. The molecule has 2 unspecified atom stereocenters. The van der Waals surface area contributed by atoms with Gasteiger partial charge in [0.25, 0.3) is 0 Å². The zero-order chi connectivity index (χ0) is 9.84. The van der Waals surface area contributed by atoms with E-state index in [4.69, 9.17) is 4.89 Å². The lowest BCUT2D eigenvalue weighted by Gasteiger charge is -2.34. The zero-order valence-electron chi connectivity index (χ0n) is 8.14. The lowest BCUT2D eigenvalue weighted by Crippen LogP contribution is -2.39. The number of aliphatic hydroxyl groups excluding tert-OH is 2. The molecule has 2 N–H and O–H groups in total. The van der Waals surface area contributed by atoms with Crippen LogP contribution in [0.1, 0.15) is 19.8 Å². The molecule has 0 amide bonds. The second kappa shape index (κ2) is 4.91. The van der Waals surface area contributed by atoms with Crippen molar-refractivity contribution in [2.45, 2.75) is 32.0 Å². The van der Waals surface area contributed by atoms with Crippen LogP contribution in [0.5, 0.6) is 0 Å². The molecule has 1 aliphatic rings. The molecule has 1 aliphatic carbocycles. The quantitative estimate of drug-likeness (QED) is 0.497. The summed E-state index contributed by atoms with van der Waals surface area (Å²) in [6.45, 7) is 2.54. The van der Waals surface area contributed by atoms with Gasteiger partial charge in [0.1, 0.15) is 0 Å². The number of hydrogen-bond donors (Lipinski definition) is 2. The van der Waals surface area contributed by atoms with E-state index in [0.717, 1.165) is 0 Å². The van der Waals surface area contributed by atoms with Crippen LogP contribution in [-0.4, -0.2) is 36.1 Å². The van der Waals surface area contributed by atoms with Gasteiger partial charge in [-0.05, 0) is 24.7 Å². The fourth-order valence-electron chi connectivity index (χ4n) is 1.82. The Hall–Kier alpha value is -0.160. The van der Waals surface area contributed by atoms with Crippen molar-refractivity contribution in [3.63, 3.8) is 0 Å². The molecular formula is C9H18O4. The van der Waals surface area contributed by atoms with Crippen LogP contribution < -0.4 is 0 Å². The third-order valence-electron chi connectivity index (χ3n) is 2.81. The minimum absolute atomic E-state index is 0.276. The first kappa shape index (κ1) is 10.9. The predicted molar refractivity (Wildman–Crippen MR) is 46.9 cm³/mol. The zero-order valence-corrected chi connectivity index (χ0v) is 8.14. The third-order valence-corrected chi connectivity index (χ3v) is 2.81. The summed E-state index contributed by atoms with van der Waals surface area (Å²) in [5, 5.41) is 18.8. The van der Waals surface area contributed by atoms with E-state index < -0.39 is 12.2 Å². The Balaban J connectivity index is 2.37. The molecule has 1 saturated carbocycles. The highest BCUT2D eigenvalue weighted by Gasteiger charge is 2.32. The monoisotopic (exact) mass is 190 g/mol. The van der Waals surface area contributed by atoms with Crippen molar-refractivity contribution < 1.29 is 20.0 Å². The van der Waals surface area contributed by atoms with Gasteiger partial charge >= 0.3 is 0 Å². The first-order valence-electron chi connectivity index (χ1n) is 4.67. The van der Waals surface area contributed by atoms with E-state index in [0.29, 0.717) is 25.4 Å². The van der Waals surface area contributed by atoms with Crippen molar-refractivity contribution in [3.8, 4) is 0 Å². The average molecular weight is 190 g/mol. The van der Waals surface area contributed by atoms with Gasteiger partial charge in [0.2, 0.25) is 0 Å². The maximum Gasteiger partial charge on any atom is 0.0853 e. The smallest absolute Gasteiger partial charge is 0.0853 e. The minimum Gasteiger partial charge on any atom is -0.390 e. The SMILES string of the molecule is COOC[C@@H]1CC(O)C(O)C[C@@H]1C. The van der Waals surface area contributed by atoms with Gasteiger partial charge in [0.05, 0.1) is 25.9 Å². The van der Waals surface area contributed by atoms with Crippen molar-refractivity contribution in [1.29, 1.82) is 0 Å². The molecule has 78 valence electrons. The van der Waals surface area contributed by atoms with E-state index in [2.05, 4.69) is 11.8 Å². The van der Waals surface area contributed by atoms with Crippen LogP contribution in [0.2, 0.25) is 0 Å². The van der Waals surface area contributed by atoms with E-state index >= 15 is 0 Å². The normalized spacial score (nSPS) is 40.6. The van der Waals surface area contributed by atoms with Crippen LogP contribution in [0.3, 0.4) is 0 Å². The summed E-state index contributed by atoms with van der Waals surface area (Å²) in [6.07, 6.45) is 0.0420. The summed E-state index contributed by atoms with van der Waals surface area (Å²) in [5.41, 5.74) is 0. The molecule has 1 rings (SSSR count).